The summed E-state index contributed by atoms with van der Waals surface area (Å²) in [5.74, 6) is 0.0349. The van der Waals surface area contributed by atoms with Crippen molar-refractivity contribution in [1.82, 2.24) is 20.1 Å². The summed E-state index contributed by atoms with van der Waals surface area (Å²) in [6.07, 6.45) is -5.66. The molecule has 2 atom stereocenters. The highest BCUT2D eigenvalue weighted by molar-refractivity contribution is 7.11. The maximum absolute atomic E-state index is 13.1. The van der Waals surface area contributed by atoms with Crippen LogP contribution in [0.1, 0.15) is 41.6 Å². The number of hydrogen-bond donors (Lipinski definition) is 2. The fourth-order valence-electron chi connectivity index (χ4n) is 3.85. The molecule has 1 amide bonds. The minimum absolute atomic E-state index is 0.00622. The highest BCUT2D eigenvalue weighted by atomic mass is 32.1. The van der Waals surface area contributed by atoms with Crippen molar-refractivity contribution in [3.63, 3.8) is 0 Å². The van der Waals surface area contributed by atoms with E-state index in [4.69, 9.17) is 4.74 Å². The van der Waals surface area contributed by atoms with Gasteiger partial charge in [-0.05, 0) is 32.1 Å². The molecule has 1 fully saturated rings. The van der Waals surface area contributed by atoms with Crippen molar-refractivity contribution in [3.05, 3.63) is 38.2 Å². The van der Waals surface area contributed by atoms with E-state index in [9.17, 15) is 35.9 Å². The lowest BCUT2D eigenvalue weighted by atomic mass is 10.0. The number of hydrogen-bond acceptors (Lipinski definition) is 7. The molecule has 0 aliphatic carbocycles. The van der Waals surface area contributed by atoms with Gasteiger partial charge in [0.15, 0.2) is 0 Å². The van der Waals surface area contributed by atoms with Crippen LogP contribution in [0.2, 0.25) is 0 Å². The Bertz CT molecular complexity index is 1090. The van der Waals surface area contributed by atoms with E-state index in [2.05, 4.69) is 15.4 Å². The number of amides is 1. The molecule has 1 saturated heterocycles. The molecule has 36 heavy (non-hydrogen) atoms. The number of alkyl halides is 6. The van der Waals surface area contributed by atoms with Crippen LogP contribution in [-0.2, 0) is 28.3 Å². The first-order valence-corrected chi connectivity index (χ1v) is 11.9. The van der Waals surface area contributed by atoms with Crippen LogP contribution in [0.4, 0.5) is 32.0 Å². The average molecular weight is 542 g/mol. The zero-order valence-corrected chi connectivity index (χ0v) is 20.0. The number of aryl methyl sites for hydroxylation is 1. The molecular weight excluding hydrogens is 516 g/mol. The molecule has 3 heterocycles. The maximum atomic E-state index is 13.1. The van der Waals surface area contributed by atoms with E-state index in [0.717, 1.165) is 18.8 Å². The second kappa shape index (κ2) is 11.6. The lowest BCUT2D eigenvalue weighted by Gasteiger charge is -2.19. The van der Waals surface area contributed by atoms with Crippen LogP contribution in [0.25, 0.3) is 0 Å². The second-order valence-corrected chi connectivity index (χ2v) is 9.62. The molecule has 2 N–H and O–H groups in total. The Hall–Kier alpha value is -2.68. The molecule has 1 unspecified atom stereocenters. The second-order valence-electron chi connectivity index (χ2n) is 8.50. The SMILES string of the molecule is C[C@@H](COCCC(=O)N1CCC(CCc2ncc(C(F)(F)F)s2)C1)Nc1cn[nH]c(=O)c1C(F)(F)F. The van der Waals surface area contributed by atoms with Crippen LogP contribution in [0.3, 0.4) is 0 Å². The van der Waals surface area contributed by atoms with Gasteiger partial charge in [-0.15, -0.1) is 11.3 Å². The van der Waals surface area contributed by atoms with E-state index in [1.807, 2.05) is 0 Å². The van der Waals surface area contributed by atoms with Gasteiger partial charge in [0.05, 0.1) is 42.7 Å². The normalized spacial score (nSPS) is 17.4. The summed E-state index contributed by atoms with van der Waals surface area (Å²) in [7, 11) is 0. The zero-order valence-electron chi connectivity index (χ0n) is 19.2. The Labute approximate surface area is 206 Å². The van der Waals surface area contributed by atoms with Crippen LogP contribution >= 0.6 is 11.3 Å². The maximum Gasteiger partial charge on any atom is 0.427 e. The fourth-order valence-corrected chi connectivity index (χ4v) is 4.65. The minimum atomic E-state index is -4.86. The molecule has 2 aromatic rings. The van der Waals surface area contributed by atoms with Crippen molar-refractivity contribution in [2.45, 2.75) is 51.0 Å². The van der Waals surface area contributed by atoms with Gasteiger partial charge in [-0.25, -0.2) is 10.1 Å². The summed E-state index contributed by atoms with van der Waals surface area (Å²) in [4.78, 5) is 28.7. The van der Waals surface area contributed by atoms with E-state index in [0.29, 0.717) is 42.3 Å². The van der Waals surface area contributed by atoms with E-state index in [1.54, 1.807) is 16.9 Å². The minimum Gasteiger partial charge on any atom is -0.379 e. The molecule has 15 heteroatoms. The summed E-state index contributed by atoms with van der Waals surface area (Å²) in [6, 6.07) is -0.593. The third kappa shape index (κ3) is 7.66. The molecule has 0 aromatic carbocycles. The Kier molecular flexibility index (Phi) is 8.98. The number of aromatic nitrogens is 3. The smallest absolute Gasteiger partial charge is 0.379 e. The molecule has 3 rings (SSSR count). The Morgan fingerprint density at radius 3 is 2.69 bits per heavy atom. The fraction of sp³-hybridized carbons (Fsp3) is 0.619. The van der Waals surface area contributed by atoms with Crippen molar-refractivity contribution in [3.8, 4) is 0 Å². The topological polar surface area (TPSA) is 100 Å². The van der Waals surface area contributed by atoms with Gasteiger partial charge in [0, 0.05) is 19.1 Å². The summed E-state index contributed by atoms with van der Waals surface area (Å²) in [5.41, 5.74) is -3.19. The highest BCUT2D eigenvalue weighted by Gasteiger charge is 2.37. The van der Waals surface area contributed by atoms with E-state index < -0.39 is 40.1 Å². The number of likely N-dealkylation sites (tertiary alicyclic amines) is 1. The van der Waals surface area contributed by atoms with E-state index in [1.165, 1.54) is 0 Å². The van der Waals surface area contributed by atoms with Gasteiger partial charge < -0.3 is 15.0 Å². The number of anilines is 1. The standard InChI is InChI=1S/C21H25F6N5O3S/c1-12(30-14-8-29-31-19(34)18(14)21(25,26)27)11-35-7-5-17(33)32-6-4-13(10-32)2-3-16-28-9-15(36-16)20(22,23)24/h8-9,12-13H,2-7,10-11H2,1H3,(H2,30,31,34)/t12-,13?/m0/s1. The van der Waals surface area contributed by atoms with Crippen LogP contribution in [0, 0.1) is 5.92 Å². The molecule has 2 aromatic heterocycles. The first-order chi connectivity index (χ1) is 16.8. The van der Waals surface area contributed by atoms with E-state index in [-0.39, 0.29) is 31.5 Å². The van der Waals surface area contributed by atoms with Gasteiger partial charge in [-0.1, -0.05) is 0 Å². The molecular formula is C21H25F6N5O3S. The number of ether oxygens (including phenoxy) is 1. The number of rotatable bonds is 10. The van der Waals surface area contributed by atoms with Gasteiger partial charge in [0.1, 0.15) is 10.4 Å². The number of halogens is 6. The highest BCUT2D eigenvalue weighted by Crippen LogP contribution is 2.34. The number of thiazole rings is 1. The number of H-pyrrole nitrogens is 1. The number of carbonyl (C=O) groups excluding carboxylic acids is 1. The molecule has 1 aliphatic rings. The van der Waals surface area contributed by atoms with Crippen molar-refractivity contribution in [2.24, 2.45) is 5.92 Å². The quantitative estimate of drug-likeness (QED) is 0.349. The molecule has 1 aliphatic heterocycles. The van der Waals surface area contributed by atoms with Crippen LogP contribution in [0.15, 0.2) is 17.2 Å². The third-order valence-corrected chi connectivity index (χ3v) is 6.71. The molecule has 8 nitrogen and oxygen atoms in total. The number of carbonyl (C=O) groups is 1. The monoisotopic (exact) mass is 541 g/mol. The number of nitrogens with one attached hydrogen (secondary N) is 2. The zero-order chi connectivity index (χ0) is 26.5. The lowest BCUT2D eigenvalue weighted by Crippen LogP contribution is -2.31. The first-order valence-electron chi connectivity index (χ1n) is 11.1. The van der Waals surface area contributed by atoms with Crippen molar-refractivity contribution >= 4 is 22.9 Å². The van der Waals surface area contributed by atoms with Crippen LogP contribution < -0.4 is 10.9 Å². The summed E-state index contributed by atoms with van der Waals surface area (Å²) in [5, 5.41) is 8.11. The predicted molar refractivity (Wildman–Crippen MR) is 119 cm³/mol. The third-order valence-electron chi connectivity index (χ3n) is 5.61. The van der Waals surface area contributed by atoms with Crippen molar-refractivity contribution in [1.29, 1.82) is 0 Å². The summed E-state index contributed by atoms with van der Waals surface area (Å²) >= 11 is 0.635. The summed E-state index contributed by atoms with van der Waals surface area (Å²) in [6.45, 7) is 2.67. The Balaban J connectivity index is 1.36. The molecule has 0 spiro atoms. The Morgan fingerprint density at radius 2 is 2.03 bits per heavy atom. The molecule has 0 bridgehead atoms. The van der Waals surface area contributed by atoms with Gasteiger partial charge in [-0.2, -0.15) is 31.4 Å². The predicted octanol–water partition coefficient (Wildman–Crippen LogP) is 3.95. The number of aromatic amines is 1. The van der Waals surface area contributed by atoms with Gasteiger partial charge in [0.25, 0.3) is 5.56 Å². The molecule has 200 valence electrons. The summed E-state index contributed by atoms with van der Waals surface area (Å²) < 4.78 is 82.8. The van der Waals surface area contributed by atoms with Gasteiger partial charge in [-0.3, -0.25) is 9.59 Å². The largest absolute Gasteiger partial charge is 0.427 e. The Morgan fingerprint density at radius 1 is 1.28 bits per heavy atom. The van der Waals surface area contributed by atoms with Crippen LogP contribution in [-0.4, -0.2) is 58.3 Å². The molecule has 0 radical (unpaired) electrons. The van der Waals surface area contributed by atoms with Crippen molar-refractivity contribution in [2.75, 3.05) is 31.6 Å². The molecule has 0 saturated carbocycles. The van der Waals surface area contributed by atoms with Gasteiger partial charge >= 0.3 is 12.4 Å². The average Bonchev–Trinajstić information content (AvgIpc) is 3.44. The first kappa shape index (κ1) is 27.9. The lowest BCUT2D eigenvalue weighted by molar-refractivity contribution is -0.138. The van der Waals surface area contributed by atoms with Gasteiger partial charge in [0.2, 0.25) is 5.91 Å². The van der Waals surface area contributed by atoms with E-state index >= 15 is 0 Å². The number of nitrogens with zero attached hydrogens (tertiary/aromatic N) is 3. The van der Waals surface area contributed by atoms with Crippen LogP contribution in [0.5, 0.6) is 0 Å². The van der Waals surface area contributed by atoms with Crippen molar-refractivity contribution < 1.29 is 35.9 Å².